The van der Waals surface area contributed by atoms with Crippen molar-refractivity contribution >= 4 is 5.84 Å². The number of nitrogens with zero attached hydrogens (tertiary/aromatic N) is 3. The van der Waals surface area contributed by atoms with Gasteiger partial charge in [0.1, 0.15) is 0 Å². The largest absolute Gasteiger partial charge is 0.409 e. The average Bonchev–Trinajstić information content (AvgIpc) is 2.96. The van der Waals surface area contributed by atoms with Crippen molar-refractivity contribution in [1.29, 1.82) is 0 Å². The highest BCUT2D eigenvalue weighted by atomic mass is 16.5. The molecule has 0 unspecified atom stereocenters. The number of hydrogen-bond donors (Lipinski definition) is 3. The number of amidine groups is 1. The maximum atomic E-state index is 8.62. The Kier molecular flexibility index (Phi) is 4.46. The third kappa shape index (κ3) is 3.78. The van der Waals surface area contributed by atoms with Crippen molar-refractivity contribution in [2.45, 2.75) is 13.0 Å². The summed E-state index contributed by atoms with van der Waals surface area (Å²) in [5.74, 6) is 0.784. The zero-order valence-corrected chi connectivity index (χ0v) is 10.3. The number of oxime groups is 1. The molecule has 100 valence electrons. The first-order valence-electron chi connectivity index (χ1n) is 5.82. The SMILES string of the molecule is N/C(=N/O)c1cccc(CNCCc2ncon2)c1. The molecule has 0 bridgehead atoms. The third-order valence-electron chi connectivity index (χ3n) is 2.59. The Bertz CT molecular complexity index is 539. The maximum absolute atomic E-state index is 8.62. The molecule has 1 aromatic heterocycles. The van der Waals surface area contributed by atoms with Crippen LogP contribution in [0.2, 0.25) is 0 Å². The first kappa shape index (κ1) is 13.0. The quantitative estimate of drug-likeness (QED) is 0.229. The molecule has 2 rings (SSSR count). The van der Waals surface area contributed by atoms with E-state index in [-0.39, 0.29) is 5.84 Å². The highest BCUT2D eigenvalue weighted by Crippen LogP contribution is 2.04. The molecule has 1 aromatic carbocycles. The second-order valence-corrected chi connectivity index (χ2v) is 3.96. The van der Waals surface area contributed by atoms with Crippen LogP contribution in [0.4, 0.5) is 0 Å². The Morgan fingerprint density at radius 1 is 1.47 bits per heavy atom. The molecule has 0 atom stereocenters. The first-order valence-corrected chi connectivity index (χ1v) is 5.82. The van der Waals surface area contributed by atoms with Gasteiger partial charge in [-0.1, -0.05) is 28.5 Å². The van der Waals surface area contributed by atoms with Gasteiger partial charge in [0, 0.05) is 25.1 Å². The van der Waals surface area contributed by atoms with E-state index in [9.17, 15) is 0 Å². The summed E-state index contributed by atoms with van der Waals surface area (Å²) in [6, 6.07) is 7.49. The van der Waals surface area contributed by atoms with Crippen LogP contribution in [0.5, 0.6) is 0 Å². The third-order valence-corrected chi connectivity index (χ3v) is 2.59. The molecule has 2 aromatic rings. The summed E-state index contributed by atoms with van der Waals surface area (Å²) in [5, 5.41) is 18.6. The summed E-state index contributed by atoms with van der Waals surface area (Å²) in [7, 11) is 0. The van der Waals surface area contributed by atoms with Crippen molar-refractivity contribution in [3.8, 4) is 0 Å². The average molecular weight is 261 g/mol. The Morgan fingerprint density at radius 2 is 2.37 bits per heavy atom. The standard InChI is InChI=1S/C12H15N5O2/c13-12(16-18)10-3-1-2-9(6-10)7-14-5-4-11-15-8-19-17-11/h1-3,6,8,14,18H,4-5,7H2,(H2,13,16). The molecule has 0 aliphatic heterocycles. The first-order chi connectivity index (χ1) is 9.29. The minimum atomic E-state index is 0.105. The van der Waals surface area contributed by atoms with E-state index in [0.717, 1.165) is 12.1 Å². The number of rotatable bonds is 6. The fraction of sp³-hybridized carbons (Fsp3) is 0.250. The zero-order valence-electron chi connectivity index (χ0n) is 10.3. The second-order valence-electron chi connectivity index (χ2n) is 3.96. The van der Waals surface area contributed by atoms with Crippen LogP contribution >= 0.6 is 0 Å². The molecule has 0 aliphatic carbocycles. The molecule has 0 amide bonds. The van der Waals surface area contributed by atoms with Gasteiger partial charge in [-0.25, -0.2) is 0 Å². The minimum Gasteiger partial charge on any atom is -0.409 e. The predicted octanol–water partition coefficient (Wildman–Crippen LogP) is 0.496. The van der Waals surface area contributed by atoms with Crippen molar-refractivity contribution in [3.63, 3.8) is 0 Å². The van der Waals surface area contributed by atoms with Gasteiger partial charge in [-0.15, -0.1) is 0 Å². The van der Waals surface area contributed by atoms with Crippen LogP contribution in [0.1, 0.15) is 17.0 Å². The summed E-state index contributed by atoms with van der Waals surface area (Å²) >= 11 is 0. The van der Waals surface area contributed by atoms with Crippen LogP contribution in [-0.4, -0.2) is 27.7 Å². The Hall–Kier alpha value is -2.41. The van der Waals surface area contributed by atoms with Crippen LogP contribution < -0.4 is 11.1 Å². The topological polar surface area (TPSA) is 110 Å². The molecule has 0 fully saturated rings. The predicted molar refractivity (Wildman–Crippen MR) is 68.7 cm³/mol. The van der Waals surface area contributed by atoms with Crippen molar-refractivity contribution in [3.05, 3.63) is 47.6 Å². The van der Waals surface area contributed by atoms with Crippen LogP contribution in [0.15, 0.2) is 40.3 Å². The minimum absolute atomic E-state index is 0.105. The number of nitrogens with one attached hydrogen (secondary N) is 1. The molecule has 7 nitrogen and oxygen atoms in total. The lowest BCUT2D eigenvalue weighted by molar-refractivity contribution is 0.318. The summed E-state index contributed by atoms with van der Waals surface area (Å²) < 4.78 is 4.64. The van der Waals surface area contributed by atoms with Crippen molar-refractivity contribution in [1.82, 2.24) is 15.5 Å². The van der Waals surface area contributed by atoms with Gasteiger partial charge in [0.2, 0.25) is 6.39 Å². The van der Waals surface area contributed by atoms with Gasteiger partial charge in [0.25, 0.3) is 0 Å². The Balaban J connectivity index is 1.82. The van der Waals surface area contributed by atoms with Gasteiger partial charge in [-0.3, -0.25) is 0 Å². The van der Waals surface area contributed by atoms with E-state index in [1.807, 2.05) is 18.2 Å². The van der Waals surface area contributed by atoms with E-state index in [4.69, 9.17) is 10.9 Å². The Labute approximate surface area is 110 Å². The summed E-state index contributed by atoms with van der Waals surface area (Å²) in [5.41, 5.74) is 7.28. The van der Waals surface area contributed by atoms with Crippen molar-refractivity contribution in [2.24, 2.45) is 10.9 Å². The van der Waals surface area contributed by atoms with Gasteiger partial charge in [0.05, 0.1) is 0 Å². The molecule has 0 saturated heterocycles. The monoisotopic (exact) mass is 261 g/mol. The van der Waals surface area contributed by atoms with E-state index in [1.54, 1.807) is 6.07 Å². The van der Waals surface area contributed by atoms with Gasteiger partial charge in [-0.2, -0.15) is 4.98 Å². The lowest BCUT2D eigenvalue weighted by atomic mass is 10.1. The van der Waals surface area contributed by atoms with Gasteiger partial charge >= 0.3 is 0 Å². The highest BCUT2D eigenvalue weighted by molar-refractivity contribution is 5.97. The van der Waals surface area contributed by atoms with Crippen molar-refractivity contribution < 1.29 is 9.73 Å². The van der Waals surface area contributed by atoms with E-state index in [2.05, 4.69) is 25.1 Å². The van der Waals surface area contributed by atoms with E-state index in [1.165, 1.54) is 6.39 Å². The number of aromatic nitrogens is 2. The Morgan fingerprint density at radius 3 is 3.11 bits per heavy atom. The fourth-order valence-electron chi connectivity index (χ4n) is 1.63. The van der Waals surface area contributed by atoms with Gasteiger partial charge in [0.15, 0.2) is 11.7 Å². The lowest BCUT2D eigenvalue weighted by Crippen LogP contribution is -2.18. The van der Waals surface area contributed by atoms with E-state index < -0.39 is 0 Å². The van der Waals surface area contributed by atoms with Gasteiger partial charge in [-0.05, 0) is 11.6 Å². The molecule has 0 radical (unpaired) electrons. The second kappa shape index (κ2) is 6.50. The maximum Gasteiger partial charge on any atom is 0.213 e. The molecular formula is C12H15N5O2. The smallest absolute Gasteiger partial charge is 0.213 e. The summed E-state index contributed by atoms with van der Waals surface area (Å²) in [6.45, 7) is 1.43. The summed E-state index contributed by atoms with van der Waals surface area (Å²) in [4.78, 5) is 3.93. The molecule has 4 N–H and O–H groups in total. The molecule has 7 heteroatoms. The number of nitrogens with two attached hydrogens (primary N) is 1. The molecule has 1 heterocycles. The lowest BCUT2D eigenvalue weighted by Gasteiger charge is -2.05. The van der Waals surface area contributed by atoms with E-state index >= 15 is 0 Å². The van der Waals surface area contributed by atoms with Gasteiger partial charge < -0.3 is 20.8 Å². The number of hydrogen-bond acceptors (Lipinski definition) is 6. The van der Waals surface area contributed by atoms with Crippen LogP contribution in [0, 0.1) is 0 Å². The van der Waals surface area contributed by atoms with Crippen LogP contribution in [0.3, 0.4) is 0 Å². The van der Waals surface area contributed by atoms with Crippen LogP contribution in [-0.2, 0) is 13.0 Å². The highest BCUT2D eigenvalue weighted by Gasteiger charge is 2.01. The van der Waals surface area contributed by atoms with Crippen LogP contribution in [0.25, 0.3) is 0 Å². The van der Waals surface area contributed by atoms with E-state index in [0.29, 0.717) is 24.4 Å². The van der Waals surface area contributed by atoms with Crippen molar-refractivity contribution in [2.75, 3.05) is 6.54 Å². The number of benzene rings is 1. The summed E-state index contributed by atoms with van der Waals surface area (Å²) in [6.07, 6.45) is 2.02. The molecule has 0 spiro atoms. The normalized spacial score (nSPS) is 11.7. The zero-order chi connectivity index (χ0) is 13.5. The fourth-order valence-corrected chi connectivity index (χ4v) is 1.63. The molecule has 0 saturated carbocycles. The molecule has 0 aliphatic rings. The molecule has 19 heavy (non-hydrogen) atoms. The molecular weight excluding hydrogens is 246 g/mol.